The van der Waals surface area contributed by atoms with Crippen LogP contribution in [0, 0.1) is 6.92 Å². The molecule has 1 aromatic heterocycles. The van der Waals surface area contributed by atoms with Crippen molar-refractivity contribution in [2.24, 2.45) is 0 Å². The van der Waals surface area contributed by atoms with E-state index in [0.717, 1.165) is 10.7 Å². The molecule has 1 heterocycles. The van der Waals surface area contributed by atoms with Gasteiger partial charge in [0.2, 0.25) is 0 Å². The Labute approximate surface area is 101 Å². The molecule has 0 spiro atoms. The molecule has 0 saturated heterocycles. The molecule has 2 N–H and O–H groups in total. The maximum Gasteiger partial charge on any atom is 0.0897 e. The molecule has 4 nitrogen and oxygen atoms in total. The maximum absolute atomic E-state index is 9.58. The van der Waals surface area contributed by atoms with Crippen molar-refractivity contribution in [2.75, 3.05) is 13.2 Å². The molecule has 1 unspecified atom stereocenters. The highest BCUT2D eigenvalue weighted by molar-refractivity contribution is 7.09. The molecule has 0 aromatic carbocycles. The van der Waals surface area contributed by atoms with Gasteiger partial charge in [0, 0.05) is 18.5 Å². The number of nitrogens with one attached hydrogen (secondary N) is 1. The summed E-state index contributed by atoms with van der Waals surface area (Å²) in [4.78, 5) is 4.32. The lowest BCUT2D eigenvalue weighted by atomic mass is 10.3. The molecular formula is C11H20N2O2S. The summed E-state index contributed by atoms with van der Waals surface area (Å²) in [5.74, 6) is 0. The van der Waals surface area contributed by atoms with Gasteiger partial charge in [-0.2, -0.15) is 0 Å². The number of hydrogen-bond donors (Lipinski definition) is 2. The van der Waals surface area contributed by atoms with E-state index >= 15 is 0 Å². The van der Waals surface area contributed by atoms with Gasteiger partial charge in [0.05, 0.1) is 29.5 Å². The fraction of sp³-hybridized carbons (Fsp3) is 0.727. The molecule has 0 aliphatic heterocycles. The van der Waals surface area contributed by atoms with Crippen LogP contribution in [0.1, 0.15) is 24.5 Å². The minimum absolute atomic E-state index is 0.163. The van der Waals surface area contributed by atoms with E-state index < -0.39 is 6.10 Å². The Hall–Kier alpha value is -0.490. The van der Waals surface area contributed by atoms with Crippen LogP contribution in [0.15, 0.2) is 5.38 Å². The van der Waals surface area contributed by atoms with Gasteiger partial charge in [-0.05, 0) is 20.8 Å². The number of aryl methyl sites for hydroxylation is 1. The lowest BCUT2D eigenvalue weighted by Crippen LogP contribution is -2.31. The number of aliphatic hydroxyl groups is 1. The zero-order valence-corrected chi connectivity index (χ0v) is 10.9. The van der Waals surface area contributed by atoms with E-state index in [2.05, 4.69) is 10.3 Å². The van der Waals surface area contributed by atoms with Crippen LogP contribution < -0.4 is 5.32 Å². The SMILES string of the molecule is Cc1nc(CNCC(O)COC(C)C)cs1. The third-order valence-electron chi connectivity index (χ3n) is 1.97. The summed E-state index contributed by atoms with van der Waals surface area (Å²) in [7, 11) is 0. The molecular weight excluding hydrogens is 224 g/mol. The number of aliphatic hydroxyl groups excluding tert-OH is 1. The number of nitrogens with zero attached hydrogens (tertiary/aromatic N) is 1. The summed E-state index contributed by atoms with van der Waals surface area (Å²) < 4.78 is 5.31. The fourth-order valence-electron chi connectivity index (χ4n) is 1.22. The maximum atomic E-state index is 9.58. The van der Waals surface area contributed by atoms with Gasteiger partial charge < -0.3 is 15.2 Å². The summed E-state index contributed by atoms with van der Waals surface area (Å²) in [5.41, 5.74) is 1.03. The third-order valence-corrected chi connectivity index (χ3v) is 2.80. The van der Waals surface area contributed by atoms with Crippen molar-refractivity contribution >= 4 is 11.3 Å². The van der Waals surface area contributed by atoms with Crippen molar-refractivity contribution in [1.29, 1.82) is 0 Å². The molecule has 1 aromatic rings. The van der Waals surface area contributed by atoms with E-state index in [1.807, 2.05) is 26.2 Å². The minimum Gasteiger partial charge on any atom is -0.389 e. The number of thiazole rings is 1. The van der Waals surface area contributed by atoms with Crippen molar-refractivity contribution < 1.29 is 9.84 Å². The van der Waals surface area contributed by atoms with Crippen molar-refractivity contribution in [3.8, 4) is 0 Å². The quantitative estimate of drug-likeness (QED) is 0.760. The smallest absolute Gasteiger partial charge is 0.0897 e. The average Bonchev–Trinajstić information content (AvgIpc) is 2.61. The summed E-state index contributed by atoms with van der Waals surface area (Å²) in [5, 5.41) is 15.8. The van der Waals surface area contributed by atoms with E-state index in [1.165, 1.54) is 0 Å². The highest BCUT2D eigenvalue weighted by Gasteiger charge is 2.05. The Kier molecular flexibility index (Phi) is 5.90. The normalized spacial score (nSPS) is 13.3. The summed E-state index contributed by atoms with van der Waals surface area (Å²) in [6.45, 7) is 7.50. The van der Waals surface area contributed by atoms with E-state index in [4.69, 9.17) is 4.74 Å². The van der Waals surface area contributed by atoms with Crippen LogP contribution in [0.3, 0.4) is 0 Å². The first kappa shape index (κ1) is 13.6. The number of rotatable bonds is 7. The molecule has 1 atom stereocenters. The Bertz CT molecular complexity index is 302. The molecule has 0 aliphatic carbocycles. The summed E-state index contributed by atoms with van der Waals surface area (Å²) in [6.07, 6.45) is -0.294. The van der Waals surface area contributed by atoms with Gasteiger partial charge in [-0.1, -0.05) is 0 Å². The van der Waals surface area contributed by atoms with Crippen LogP contribution in [0.2, 0.25) is 0 Å². The van der Waals surface area contributed by atoms with Gasteiger partial charge in [0.1, 0.15) is 0 Å². The molecule has 92 valence electrons. The molecule has 16 heavy (non-hydrogen) atoms. The van der Waals surface area contributed by atoms with Gasteiger partial charge in [0.25, 0.3) is 0 Å². The Morgan fingerprint density at radius 2 is 2.31 bits per heavy atom. The Morgan fingerprint density at radius 3 is 2.88 bits per heavy atom. The second kappa shape index (κ2) is 6.96. The van der Waals surface area contributed by atoms with E-state index in [-0.39, 0.29) is 6.10 Å². The zero-order chi connectivity index (χ0) is 12.0. The second-order valence-corrected chi connectivity index (χ2v) is 5.09. The predicted molar refractivity (Wildman–Crippen MR) is 65.7 cm³/mol. The first-order chi connectivity index (χ1) is 7.58. The summed E-state index contributed by atoms with van der Waals surface area (Å²) in [6, 6.07) is 0. The van der Waals surface area contributed by atoms with Gasteiger partial charge >= 0.3 is 0 Å². The number of aromatic nitrogens is 1. The molecule has 0 fully saturated rings. The van der Waals surface area contributed by atoms with Gasteiger partial charge in [0.15, 0.2) is 0 Å². The largest absolute Gasteiger partial charge is 0.389 e. The van der Waals surface area contributed by atoms with Crippen molar-refractivity contribution in [1.82, 2.24) is 10.3 Å². The van der Waals surface area contributed by atoms with Crippen LogP contribution in [0.4, 0.5) is 0 Å². The standard InChI is InChI=1S/C11H20N2O2S/c1-8(2)15-6-11(14)5-12-4-10-7-16-9(3)13-10/h7-8,11-12,14H,4-6H2,1-3H3. The van der Waals surface area contributed by atoms with Crippen molar-refractivity contribution in [2.45, 2.75) is 39.5 Å². The van der Waals surface area contributed by atoms with E-state index in [9.17, 15) is 5.11 Å². The zero-order valence-electron chi connectivity index (χ0n) is 10.1. The Morgan fingerprint density at radius 1 is 1.56 bits per heavy atom. The lowest BCUT2D eigenvalue weighted by molar-refractivity contribution is 0.00628. The minimum atomic E-state index is -0.456. The highest BCUT2D eigenvalue weighted by atomic mass is 32.1. The molecule has 0 saturated carbocycles. The first-order valence-electron chi connectivity index (χ1n) is 5.49. The van der Waals surface area contributed by atoms with Crippen LogP contribution >= 0.6 is 11.3 Å². The van der Waals surface area contributed by atoms with E-state index in [0.29, 0.717) is 19.7 Å². The average molecular weight is 244 g/mol. The van der Waals surface area contributed by atoms with Gasteiger partial charge in [-0.25, -0.2) is 4.98 Å². The topological polar surface area (TPSA) is 54.4 Å². The summed E-state index contributed by atoms with van der Waals surface area (Å²) >= 11 is 1.64. The first-order valence-corrected chi connectivity index (χ1v) is 6.37. The molecule has 0 radical (unpaired) electrons. The number of ether oxygens (including phenoxy) is 1. The van der Waals surface area contributed by atoms with Gasteiger partial charge in [-0.3, -0.25) is 0 Å². The van der Waals surface area contributed by atoms with Crippen LogP contribution in [0.25, 0.3) is 0 Å². The van der Waals surface area contributed by atoms with E-state index in [1.54, 1.807) is 11.3 Å². The van der Waals surface area contributed by atoms with Crippen LogP contribution in [-0.4, -0.2) is 35.5 Å². The third kappa shape index (κ3) is 5.55. The predicted octanol–water partition coefficient (Wildman–Crippen LogP) is 1.33. The molecule has 5 heteroatoms. The van der Waals surface area contributed by atoms with Crippen LogP contribution in [-0.2, 0) is 11.3 Å². The molecule has 0 bridgehead atoms. The molecule has 0 aliphatic rings. The molecule has 1 rings (SSSR count). The highest BCUT2D eigenvalue weighted by Crippen LogP contribution is 2.07. The van der Waals surface area contributed by atoms with Crippen molar-refractivity contribution in [3.05, 3.63) is 16.1 Å². The second-order valence-electron chi connectivity index (χ2n) is 4.02. The fourth-order valence-corrected chi connectivity index (χ4v) is 1.83. The Balaban J connectivity index is 2.10. The van der Waals surface area contributed by atoms with Gasteiger partial charge in [-0.15, -0.1) is 11.3 Å². The van der Waals surface area contributed by atoms with Crippen molar-refractivity contribution in [3.63, 3.8) is 0 Å². The molecule has 0 amide bonds. The van der Waals surface area contributed by atoms with Crippen LogP contribution in [0.5, 0.6) is 0 Å². The monoisotopic (exact) mass is 244 g/mol. The number of hydrogen-bond acceptors (Lipinski definition) is 5. The lowest BCUT2D eigenvalue weighted by Gasteiger charge is -2.13.